The largest absolute Gasteiger partial charge is 0.363 e. The van der Waals surface area contributed by atoms with Gasteiger partial charge < -0.3 is 10.2 Å². The summed E-state index contributed by atoms with van der Waals surface area (Å²) in [4.78, 5) is 6.94. The lowest BCUT2D eigenvalue weighted by molar-refractivity contribution is -0.00985. The molecule has 0 aromatic carbocycles. The van der Waals surface area contributed by atoms with Gasteiger partial charge in [-0.1, -0.05) is 0 Å². The maximum Gasteiger partial charge on any atom is 0.194 e. The monoisotopic (exact) mass is 291 g/mol. The topological polar surface area (TPSA) is 27.6 Å². The summed E-state index contributed by atoms with van der Waals surface area (Å²) in [7, 11) is 2.12. The number of hydrogen-bond donors (Lipinski definition) is 1. The summed E-state index contributed by atoms with van der Waals surface area (Å²) in [6, 6.07) is 0. The highest BCUT2D eigenvalue weighted by Gasteiger charge is 2.51. The molecule has 0 aromatic rings. The first kappa shape index (κ1) is 13.1. The van der Waals surface area contributed by atoms with Crippen LogP contribution < -0.4 is 5.32 Å². The molecule has 110 valence electrons. The molecule has 5 rings (SSSR count). The van der Waals surface area contributed by atoms with Gasteiger partial charge in [0.05, 0.1) is 0 Å². The molecule has 3 nitrogen and oxygen atoms in total. The van der Waals surface area contributed by atoms with Crippen molar-refractivity contribution in [3.8, 4) is 0 Å². The Morgan fingerprint density at radius 2 is 1.80 bits per heavy atom. The minimum atomic E-state index is 0.299. The van der Waals surface area contributed by atoms with Crippen molar-refractivity contribution in [1.29, 1.82) is 0 Å². The molecule has 5 fully saturated rings. The normalized spacial score (nSPS) is 44.4. The van der Waals surface area contributed by atoms with Gasteiger partial charge in [0.2, 0.25) is 0 Å². The van der Waals surface area contributed by atoms with Crippen LogP contribution in [0.25, 0.3) is 0 Å². The van der Waals surface area contributed by atoms with E-state index >= 15 is 0 Å². The first-order valence-electron chi connectivity index (χ1n) is 8.23. The highest BCUT2D eigenvalue weighted by molar-refractivity contribution is 7.80. The predicted octanol–water partition coefficient (Wildman–Crippen LogP) is 2.95. The van der Waals surface area contributed by atoms with Gasteiger partial charge >= 0.3 is 0 Å². The summed E-state index contributed by atoms with van der Waals surface area (Å²) in [5.41, 5.74) is 0.299. The molecule has 4 saturated carbocycles. The van der Waals surface area contributed by atoms with Gasteiger partial charge in [-0.05, 0) is 74.9 Å². The van der Waals surface area contributed by atoms with Gasteiger partial charge in [-0.25, -0.2) is 4.99 Å². The molecule has 0 radical (unpaired) electrons. The van der Waals surface area contributed by atoms with E-state index in [1.54, 1.807) is 0 Å². The van der Waals surface area contributed by atoms with Gasteiger partial charge in [-0.15, -0.1) is 0 Å². The van der Waals surface area contributed by atoms with Gasteiger partial charge in [-0.3, -0.25) is 0 Å². The molecule has 4 heteroatoms. The van der Waals surface area contributed by atoms with Gasteiger partial charge in [-0.2, -0.15) is 0 Å². The van der Waals surface area contributed by atoms with E-state index < -0.39 is 0 Å². The maximum absolute atomic E-state index is 5.55. The quantitative estimate of drug-likeness (QED) is 0.753. The van der Waals surface area contributed by atoms with E-state index in [1.807, 2.05) is 0 Å². The Bertz CT molecular complexity index is 421. The number of nitrogens with one attached hydrogen (secondary N) is 1. The van der Waals surface area contributed by atoms with Crippen LogP contribution in [-0.2, 0) is 0 Å². The van der Waals surface area contributed by atoms with Crippen molar-refractivity contribution in [2.75, 3.05) is 13.6 Å². The molecule has 0 amide bonds. The minimum absolute atomic E-state index is 0.299. The molecule has 1 saturated heterocycles. The highest BCUT2D eigenvalue weighted by Crippen LogP contribution is 2.55. The van der Waals surface area contributed by atoms with Crippen LogP contribution in [0.3, 0.4) is 0 Å². The summed E-state index contributed by atoms with van der Waals surface area (Å²) in [6.07, 6.45) is 10.7. The number of amidine groups is 1. The van der Waals surface area contributed by atoms with Crippen LogP contribution in [0, 0.1) is 17.8 Å². The fourth-order valence-corrected chi connectivity index (χ4v) is 5.89. The predicted molar refractivity (Wildman–Crippen MR) is 85.9 cm³/mol. The minimum Gasteiger partial charge on any atom is -0.363 e. The highest BCUT2D eigenvalue weighted by atomic mass is 32.1. The van der Waals surface area contributed by atoms with Crippen molar-refractivity contribution in [1.82, 2.24) is 10.2 Å². The van der Waals surface area contributed by atoms with E-state index in [9.17, 15) is 0 Å². The fourth-order valence-electron chi connectivity index (χ4n) is 5.57. The van der Waals surface area contributed by atoms with Crippen LogP contribution in [-0.4, -0.2) is 35.0 Å². The van der Waals surface area contributed by atoms with Gasteiger partial charge in [0.25, 0.3) is 0 Å². The summed E-state index contributed by atoms with van der Waals surface area (Å²) in [5.74, 6) is 4.04. The van der Waals surface area contributed by atoms with Crippen LogP contribution in [0.4, 0.5) is 0 Å². The molecule has 0 atom stereocenters. The average Bonchev–Trinajstić information content (AvgIpc) is 2.72. The Morgan fingerprint density at radius 3 is 2.30 bits per heavy atom. The van der Waals surface area contributed by atoms with Crippen molar-refractivity contribution in [2.45, 2.75) is 56.9 Å². The lowest BCUT2D eigenvalue weighted by Gasteiger charge is -2.57. The zero-order valence-electron chi connectivity index (χ0n) is 12.4. The second kappa shape index (κ2) is 4.69. The van der Waals surface area contributed by atoms with Crippen LogP contribution in [0.15, 0.2) is 4.99 Å². The molecule has 0 unspecified atom stereocenters. The van der Waals surface area contributed by atoms with Crippen LogP contribution in [0.1, 0.15) is 51.4 Å². The van der Waals surface area contributed by atoms with Crippen molar-refractivity contribution >= 4 is 23.2 Å². The van der Waals surface area contributed by atoms with E-state index in [0.717, 1.165) is 35.8 Å². The maximum atomic E-state index is 5.55. The smallest absolute Gasteiger partial charge is 0.194 e. The third kappa shape index (κ3) is 2.26. The van der Waals surface area contributed by atoms with E-state index in [1.165, 1.54) is 50.8 Å². The Hall–Kier alpha value is -0.640. The van der Waals surface area contributed by atoms with Crippen LogP contribution in [0.5, 0.6) is 0 Å². The Labute approximate surface area is 127 Å². The van der Waals surface area contributed by atoms with Crippen LogP contribution in [0.2, 0.25) is 0 Å². The molecule has 4 aliphatic carbocycles. The molecule has 0 spiro atoms. The number of aliphatic imine (C=N–C) groups is 1. The molecular formula is C16H25N3S. The standard InChI is InChI=1S/C16H25N3S/c1-19-4-2-3-14(19)17-15(20)18-16-8-11-5-12(9-16)7-13(6-11)10-16/h11-13H,2-10H2,1H3,(H,18,20). The molecule has 1 N–H and O–H groups in total. The second-order valence-electron chi connectivity index (χ2n) is 7.68. The zero-order chi connectivity index (χ0) is 13.7. The Morgan fingerprint density at radius 1 is 1.20 bits per heavy atom. The first-order valence-corrected chi connectivity index (χ1v) is 8.64. The number of rotatable bonds is 1. The zero-order valence-corrected chi connectivity index (χ0v) is 13.2. The summed E-state index contributed by atoms with van der Waals surface area (Å²) in [5, 5.41) is 4.44. The number of nitrogens with zero attached hydrogens (tertiary/aromatic N) is 2. The second-order valence-corrected chi connectivity index (χ2v) is 8.07. The third-order valence-corrected chi connectivity index (χ3v) is 6.17. The molecule has 5 aliphatic rings. The van der Waals surface area contributed by atoms with Crippen molar-refractivity contribution < 1.29 is 0 Å². The molecule has 1 aliphatic heterocycles. The summed E-state index contributed by atoms with van der Waals surface area (Å²) < 4.78 is 0. The van der Waals surface area contributed by atoms with E-state index in [4.69, 9.17) is 17.2 Å². The number of thiocarbonyl (C=S) groups is 1. The van der Waals surface area contributed by atoms with Gasteiger partial charge in [0.1, 0.15) is 5.84 Å². The van der Waals surface area contributed by atoms with Crippen molar-refractivity contribution in [3.05, 3.63) is 0 Å². The van der Waals surface area contributed by atoms with Crippen molar-refractivity contribution in [3.63, 3.8) is 0 Å². The lowest BCUT2D eigenvalue weighted by Crippen LogP contribution is -2.59. The summed E-state index contributed by atoms with van der Waals surface area (Å²) in [6.45, 7) is 1.12. The first-order chi connectivity index (χ1) is 9.62. The molecule has 20 heavy (non-hydrogen) atoms. The van der Waals surface area contributed by atoms with Crippen LogP contribution >= 0.6 is 12.2 Å². The van der Waals surface area contributed by atoms with E-state index in [2.05, 4.69) is 17.3 Å². The lowest BCUT2D eigenvalue weighted by atomic mass is 9.53. The summed E-state index contributed by atoms with van der Waals surface area (Å²) >= 11 is 5.55. The van der Waals surface area contributed by atoms with E-state index in [0.29, 0.717) is 5.54 Å². The number of likely N-dealkylation sites (tertiary alicyclic amines) is 1. The third-order valence-electron chi connectivity index (χ3n) is 5.98. The van der Waals surface area contributed by atoms with Gasteiger partial charge in [0, 0.05) is 25.6 Å². The average molecular weight is 291 g/mol. The Kier molecular flexibility index (Phi) is 3.06. The molecule has 0 aromatic heterocycles. The SMILES string of the molecule is CN1CCCC1=NC(=S)NC12CC3CC(CC(C3)C1)C2. The number of hydrogen-bond acceptors (Lipinski definition) is 1. The van der Waals surface area contributed by atoms with E-state index in [-0.39, 0.29) is 0 Å². The van der Waals surface area contributed by atoms with Gasteiger partial charge in [0.15, 0.2) is 5.11 Å². The van der Waals surface area contributed by atoms with Crippen molar-refractivity contribution in [2.24, 2.45) is 22.7 Å². The molecule has 1 heterocycles. The fraction of sp³-hybridized carbons (Fsp3) is 0.875. The molecule has 4 bridgehead atoms. The Balaban J connectivity index is 1.47. The molecular weight excluding hydrogens is 266 g/mol.